The molecule has 0 heterocycles. The predicted octanol–water partition coefficient (Wildman–Crippen LogP) is 3.89. The molecule has 0 fully saturated rings. The Kier molecular flexibility index (Phi) is 4.27. The molecule has 2 aromatic carbocycles. The van der Waals surface area contributed by atoms with Gasteiger partial charge in [-0.1, -0.05) is 0 Å². The Morgan fingerprint density at radius 2 is 1.67 bits per heavy atom. The summed E-state index contributed by atoms with van der Waals surface area (Å²) in [6.45, 7) is 4.14. The fourth-order valence-electron chi connectivity index (χ4n) is 1.80. The van der Waals surface area contributed by atoms with Crippen molar-refractivity contribution in [1.29, 1.82) is 0 Å². The summed E-state index contributed by atoms with van der Waals surface area (Å²) in [5.74, 6) is 0.809. The Labute approximate surface area is 118 Å². The molecule has 2 nitrogen and oxygen atoms in total. The van der Waals surface area contributed by atoms with Gasteiger partial charge in [0.15, 0.2) is 0 Å². The Bertz CT molecular complexity index is 558. The summed E-state index contributed by atoms with van der Waals surface area (Å²) in [5.41, 5.74) is 4.35. The van der Waals surface area contributed by atoms with E-state index in [0.29, 0.717) is 0 Å². The number of nitrogens with zero attached hydrogens (tertiary/aromatic N) is 1. The molecule has 2 aromatic rings. The average molecular weight is 325 g/mol. The summed E-state index contributed by atoms with van der Waals surface area (Å²) < 4.78 is 5.23. The molecule has 0 aliphatic heterocycles. The third-order valence-electron chi connectivity index (χ3n) is 2.77. The molecule has 18 heavy (non-hydrogen) atoms. The first-order valence-corrected chi connectivity index (χ1v) is 6.40. The topological polar surface area (TPSA) is 21.6 Å². The second-order valence-electron chi connectivity index (χ2n) is 4.11. The molecule has 0 atom stereocenters. The molecule has 2 rings (SSSR count). The van der Waals surface area contributed by atoms with Crippen LogP contribution < -0.4 is 3.56 Å². The number of hydrogen-bond acceptors (Lipinski definition) is 2. The van der Waals surface area contributed by atoms with Crippen LogP contribution in [0.1, 0.15) is 16.7 Å². The maximum absolute atomic E-state index is 5.23. The van der Waals surface area contributed by atoms with E-state index >= 15 is 0 Å². The molecular formula is C15H14NORu. The van der Waals surface area contributed by atoms with Crippen molar-refractivity contribution < 1.29 is 22.2 Å². The van der Waals surface area contributed by atoms with Crippen molar-refractivity contribution in [3.63, 3.8) is 0 Å². The van der Waals surface area contributed by atoms with Crippen molar-refractivity contribution in [2.24, 2.45) is 4.99 Å². The second-order valence-corrected chi connectivity index (χ2v) is 4.46. The van der Waals surface area contributed by atoms with E-state index in [2.05, 4.69) is 49.6 Å². The van der Waals surface area contributed by atoms with Gasteiger partial charge < -0.3 is 0 Å². The molecule has 3 heteroatoms. The van der Waals surface area contributed by atoms with Gasteiger partial charge in [0.25, 0.3) is 0 Å². The van der Waals surface area contributed by atoms with E-state index < -0.39 is 0 Å². The fourth-order valence-corrected chi connectivity index (χ4v) is 2.12. The summed E-state index contributed by atoms with van der Waals surface area (Å²) in [6.07, 6.45) is 1.84. The van der Waals surface area contributed by atoms with Crippen molar-refractivity contribution in [3.05, 3.63) is 59.2 Å². The number of rotatable bonds is 3. The number of aliphatic imine (C=N–C) groups is 1. The number of aryl methyl sites for hydroxylation is 2. The minimum absolute atomic E-state index is 0.809. The fraction of sp³-hybridized carbons (Fsp3) is 0.133. The van der Waals surface area contributed by atoms with Gasteiger partial charge in [0.2, 0.25) is 0 Å². The van der Waals surface area contributed by atoms with E-state index in [9.17, 15) is 0 Å². The molecule has 93 valence electrons. The van der Waals surface area contributed by atoms with Crippen LogP contribution in [0.5, 0.6) is 5.75 Å². The molecule has 0 aliphatic carbocycles. The number of hydrogen-bond donors (Lipinski definition) is 0. The molecule has 0 spiro atoms. The SMILES string of the molecule is Cc1cccc(C)c1N=Cc1ccccc1[O][Ru]. The Morgan fingerprint density at radius 3 is 2.33 bits per heavy atom. The van der Waals surface area contributed by atoms with E-state index in [4.69, 9.17) is 3.56 Å². The molecule has 0 saturated heterocycles. The summed E-state index contributed by atoms with van der Waals surface area (Å²) in [7, 11) is 0. The summed E-state index contributed by atoms with van der Waals surface area (Å²) in [4.78, 5) is 4.57. The third kappa shape index (κ3) is 2.86. The molecule has 0 amide bonds. The van der Waals surface area contributed by atoms with Gasteiger partial charge in [0.05, 0.1) is 0 Å². The van der Waals surface area contributed by atoms with Crippen LogP contribution >= 0.6 is 0 Å². The van der Waals surface area contributed by atoms with Crippen LogP contribution in [0.3, 0.4) is 0 Å². The first-order valence-electron chi connectivity index (χ1n) is 5.69. The van der Waals surface area contributed by atoms with Gasteiger partial charge in [0.1, 0.15) is 0 Å². The van der Waals surface area contributed by atoms with E-state index in [1.807, 2.05) is 36.5 Å². The zero-order valence-corrected chi connectivity index (χ0v) is 12.1. The molecule has 0 aliphatic rings. The van der Waals surface area contributed by atoms with Gasteiger partial charge in [-0.2, -0.15) is 0 Å². The van der Waals surface area contributed by atoms with Gasteiger partial charge in [-0.05, 0) is 0 Å². The average Bonchev–Trinajstić information content (AvgIpc) is 2.38. The Morgan fingerprint density at radius 1 is 1.00 bits per heavy atom. The molecule has 0 N–H and O–H groups in total. The first kappa shape index (κ1) is 13.0. The van der Waals surface area contributed by atoms with Crippen LogP contribution in [0.25, 0.3) is 0 Å². The summed E-state index contributed by atoms with van der Waals surface area (Å²) in [6, 6.07) is 14.0. The zero-order valence-electron chi connectivity index (χ0n) is 10.3. The van der Waals surface area contributed by atoms with Gasteiger partial charge in [-0.15, -0.1) is 0 Å². The van der Waals surface area contributed by atoms with Crippen LogP contribution in [-0.2, 0) is 18.7 Å². The molecule has 0 aromatic heterocycles. The van der Waals surface area contributed by atoms with Crippen LogP contribution in [0, 0.1) is 13.8 Å². The molecule has 0 unspecified atom stereocenters. The molecule has 0 bridgehead atoms. The van der Waals surface area contributed by atoms with E-state index in [-0.39, 0.29) is 0 Å². The molecule has 0 saturated carbocycles. The minimum atomic E-state index is 0.809. The Balaban J connectivity index is 2.36. The second kappa shape index (κ2) is 5.92. The van der Waals surface area contributed by atoms with Gasteiger partial charge in [-0.3, -0.25) is 0 Å². The zero-order chi connectivity index (χ0) is 13.0. The van der Waals surface area contributed by atoms with Crippen molar-refractivity contribution in [1.82, 2.24) is 0 Å². The van der Waals surface area contributed by atoms with Crippen molar-refractivity contribution >= 4 is 11.9 Å². The van der Waals surface area contributed by atoms with Gasteiger partial charge >= 0.3 is 118 Å². The van der Waals surface area contributed by atoms with Gasteiger partial charge in [0, 0.05) is 0 Å². The maximum atomic E-state index is 5.23. The van der Waals surface area contributed by atoms with Crippen molar-refractivity contribution in [2.75, 3.05) is 0 Å². The van der Waals surface area contributed by atoms with Crippen LogP contribution in [0.15, 0.2) is 47.5 Å². The molecule has 0 radical (unpaired) electrons. The Hall–Kier alpha value is -1.47. The standard InChI is InChI=1S/C15H15NO.Ru/c1-11-6-5-7-12(2)15(11)16-10-13-8-3-4-9-14(13)17;/h3-10,17H,1-2H3;/q;+1/p-1. The monoisotopic (exact) mass is 326 g/mol. The summed E-state index contributed by atoms with van der Waals surface area (Å²) in [5, 5.41) is 0. The van der Waals surface area contributed by atoms with Crippen molar-refractivity contribution in [3.8, 4) is 5.75 Å². The van der Waals surface area contributed by atoms with Crippen LogP contribution in [-0.4, -0.2) is 6.21 Å². The van der Waals surface area contributed by atoms with E-state index in [0.717, 1.165) is 17.0 Å². The quantitative estimate of drug-likeness (QED) is 0.620. The van der Waals surface area contributed by atoms with Gasteiger partial charge in [-0.25, -0.2) is 0 Å². The first-order chi connectivity index (χ1) is 8.72. The number of benzene rings is 2. The summed E-state index contributed by atoms with van der Waals surface area (Å²) >= 11 is 2.17. The van der Waals surface area contributed by atoms with Crippen molar-refractivity contribution in [2.45, 2.75) is 13.8 Å². The van der Waals surface area contributed by atoms with Crippen LogP contribution in [0.2, 0.25) is 0 Å². The third-order valence-corrected chi connectivity index (χ3v) is 3.15. The predicted molar refractivity (Wildman–Crippen MR) is 70.2 cm³/mol. The van der Waals surface area contributed by atoms with Crippen LogP contribution in [0.4, 0.5) is 5.69 Å². The van der Waals surface area contributed by atoms with E-state index in [1.165, 1.54) is 11.1 Å². The number of para-hydroxylation sites is 2. The molecular weight excluding hydrogens is 311 g/mol. The normalized spacial score (nSPS) is 10.8. The van der Waals surface area contributed by atoms with E-state index in [1.54, 1.807) is 0 Å².